The molecule has 1 rings (SSSR count). The Morgan fingerprint density at radius 2 is 2.18 bits per heavy atom. The summed E-state index contributed by atoms with van der Waals surface area (Å²) in [6.07, 6.45) is 0. The van der Waals surface area contributed by atoms with Gasteiger partial charge in [-0.2, -0.15) is 0 Å². The number of rotatable bonds is 3. The van der Waals surface area contributed by atoms with Gasteiger partial charge < -0.3 is 4.74 Å². The van der Waals surface area contributed by atoms with E-state index in [0.717, 1.165) is 11.3 Å². The predicted octanol–water partition coefficient (Wildman–Crippen LogP) is 2.44. The maximum atomic E-state index is 5.35. The van der Waals surface area contributed by atoms with E-state index in [9.17, 15) is 0 Å². The van der Waals surface area contributed by atoms with Gasteiger partial charge in [-0.05, 0) is 30.7 Å². The maximum absolute atomic E-state index is 5.35. The van der Waals surface area contributed by atoms with Crippen molar-refractivity contribution in [3.8, 4) is 5.75 Å². The van der Waals surface area contributed by atoms with E-state index < -0.39 is 0 Å². The molecule has 0 N–H and O–H groups in total. The van der Waals surface area contributed by atoms with Gasteiger partial charge in [0.25, 0.3) is 0 Å². The number of benzene rings is 1. The summed E-state index contributed by atoms with van der Waals surface area (Å²) in [6, 6.07) is 10.3. The van der Waals surface area contributed by atoms with E-state index in [-0.39, 0.29) is 0 Å². The van der Waals surface area contributed by atoms with Crippen LogP contribution in [0.4, 0.5) is 0 Å². The highest BCUT2D eigenvalue weighted by Gasteiger charge is 1.89. The van der Waals surface area contributed by atoms with Gasteiger partial charge in [0.2, 0.25) is 0 Å². The van der Waals surface area contributed by atoms with E-state index in [1.807, 2.05) is 31.2 Å². The fourth-order valence-corrected chi connectivity index (χ4v) is 0.674. The van der Waals surface area contributed by atoms with E-state index in [0.29, 0.717) is 6.61 Å². The first kappa shape index (κ1) is 7.86. The number of hydrogen-bond donors (Lipinski definition) is 0. The molecule has 57 valence electrons. The van der Waals surface area contributed by atoms with Crippen molar-refractivity contribution in [1.29, 1.82) is 0 Å². The average molecular weight is 147 g/mol. The van der Waals surface area contributed by atoms with Gasteiger partial charge in [0.1, 0.15) is 12.4 Å². The second kappa shape index (κ2) is 3.81. The first-order chi connectivity index (χ1) is 5.29. The van der Waals surface area contributed by atoms with Crippen LogP contribution in [0.1, 0.15) is 6.92 Å². The largest absolute Gasteiger partial charge is 0.489 e. The molecule has 0 saturated carbocycles. The first-order valence-electron chi connectivity index (χ1n) is 3.52. The van der Waals surface area contributed by atoms with Crippen LogP contribution in [0.25, 0.3) is 0 Å². The van der Waals surface area contributed by atoms with Crippen LogP contribution in [0.5, 0.6) is 5.75 Å². The molecule has 1 nitrogen and oxygen atoms in total. The molecular weight excluding hydrogens is 136 g/mol. The van der Waals surface area contributed by atoms with Gasteiger partial charge in [0.15, 0.2) is 0 Å². The molecule has 0 aromatic heterocycles. The minimum Gasteiger partial charge on any atom is -0.489 e. The molecule has 1 heteroatoms. The highest BCUT2D eigenvalue weighted by Crippen LogP contribution is 2.08. The van der Waals surface area contributed by atoms with Gasteiger partial charge in [-0.1, -0.05) is 18.7 Å². The standard InChI is InChI=1S/C10H11O/c1-9(2)8-11-10-6-4-3-5-7-10/h4-7H,1,8H2,2H3. The lowest BCUT2D eigenvalue weighted by atomic mass is 10.3. The Kier molecular flexibility index (Phi) is 2.73. The van der Waals surface area contributed by atoms with E-state index in [1.54, 1.807) is 0 Å². The van der Waals surface area contributed by atoms with Crippen LogP contribution in [0.3, 0.4) is 0 Å². The zero-order chi connectivity index (χ0) is 8.10. The summed E-state index contributed by atoms with van der Waals surface area (Å²) in [6.45, 7) is 6.26. The van der Waals surface area contributed by atoms with Crippen molar-refractivity contribution in [2.75, 3.05) is 6.61 Å². The molecular formula is C10H11O. The summed E-state index contributed by atoms with van der Waals surface area (Å²) >= 11 is 0. The minimum atomic E-state index is 0.587. The average Bonchev–Trinajstić information content (AvgIpc) is 2.03. The third kappa shape index (κ3) is 2.89. The van der Waals surface area contributed by atoms with Crippen LogP contribution in [-0.2, 0) is 0 Å². The predicted molar refractivity (Wildman–Crippen MR) is 45.6 cm³/mol. The zero-order valence-electron chi connectivity index (χ0n) is 6.63. The van der Waals surface area contributed by atoms with Crippen LogP contribution in [0, 0.1) is 6.07 Å². The molecule has 0 atom stereocenters. The van der Waals surface area contributed by atoms with Crippen molar-refractivity contribution in [1.82, 2.24) is 0 Å². The topological polar surface area (TPSA) is 9.23 Å². The monoisotopic (exact) mass is 147 g/mol. The zero-order valence-corrected chi connectivity index (χ0v) is 6.63. The van der Waals surface area contributed by atoms with Gasteiger partial charge >= 0.3 is 0 Å². The first-order valence-corrected chi connectivity index (χ1v) is 3.52. The lowest BCUT2D eigenvalue weighted by molar-refractivity contribution is 0.352. The smallest absolute Gasteiger partial charge is 0.119 e. The third-order valence-electron chi connectivity index (χ3n) is 1.17. The van der Waals surface area contributed by atoms with Crippen molar-refractivity contribution in [2.45, 2.75) is 6.92 Å². The Morgan fingerprint density at radius 1 is 1.55 bits per heavy atom. The lowest BCUT2D eigenvalue weighted by Gasteiger charge is -2.03. The van der Waals surface area contributed by atoms with Crippen molar-refractivity contribution in [3.05, 3.63) is 42.5 Å². The van der Waals surface area contributed by atoms with Gasteiger partial charge in [0.05, 0.1) is 0 Å². The quantitative estimate of drug-likeness (QED) is 0.597. The summed E-state index contributed by atoms with van der Waals surface area (Å²) in [4.78, 5) is 0. The van der Waals surface area contributed by atoms with Crippen LogP contribution in [-0.4, -0.2) is 6.61 Å². The summed E-state index contributed by atoms with van der Waals surface area (Å²) < 4.78 is 5.35. The summed E-state index contributed by atoms with van der Waals surface area (Å²) in [5.41, 5.74) is 1.03. The highest BCUT2D eigenvalue weighted by molar-refractivity contribution is 5.20. The molecule has 0 fully saturated rings. The lowest BCUT2D eigenvalue weighted by Crippen LogP contribution is -1.96. The second-order valence-electron chi connectivity index (χ2n) is 2.48. The van der Waals surface area contributed by atoms with Crippen molar-refractivity contribution < 1.29 is 4.74 Å². The van der Waals surface area contributed by atoms with Crippen molar-refractivity contribution >= 4 is 0 Å². The Bertz CT molecular complexity index is 226. The fourth-order valence-electron chi connectivity index (χ4n) is 0.674. The minimum absolute atomic E-state index is 0.587. The highest BCUT2D eigenvalue weighted by atomic mass is 16.5. The van der Waals surface area contributed by atoms with Gasteiger partial charge in [0, 0.05) is 0 Å². The Balaban J connectivity index is 2.45. The van der Waals surface area contributed by atoms with Crippen LogP contribution in [0.2, 0.25) is 0 Å². The fraction of sp³-hybridized carbons (Fsp3) is 0.200. The Hall–Kier alpha value is -1.24. The van der Waals surface area contributed by atoms with Crippen LogP contribution in [0.15, 0.2) is 36.4 Å². The van der Waals surface area contributed by atoms with Gasteiger partial charge in [-0.25, -0.2) is 0 Å². The van der Waals surface area contributed by atoms with E-state index in [4.69, 9.17) is 4.74 Å². The molecule has 1 aromatic rings. The number of hydrogen-bond acceptors (Lipinski definition) is 1. The molecule has 11 heavy (non-hydrogen) atoms. The van der Waals surface area contributed by atoms with E-state index in [1.165, 1.54) is 0 Å². The van der Waals surface area contributed by atoms with Crippen LogP contribution < -0.4 is 4.74 Å². The second-order valence-corrected chi connectivity index (χ2v) is 2.48. The Morgan fingerprint density at radius 3 is 2.73 bits per heavy atom. The van der Waals surface area contributed by atoms with Crippen LogP contribution >= 0.6 is 0 Å². The summed E-state index contributed by atoms with van der Waals surface area (Å²) in [5.74, 6) is 0.867. The molecule has 0 amide bonds. The SMILES string of the molecule is C=C(C)COc1cc[c]cc1. The summed E-state index contributed by atoms with van der Waals surface area (Å²) in [7, 11) is 0. The van der Waals surface area contributed by atoms with Gasteiger partial charge in [-0.3, -0.25) is 0 Å². The normalized spacial score (nSPS) is 9.18. The van der Waals surface area contributed by atoms with Crippen molar-refractivity contribution in [2.24, 2.45) is 0 Å². The molecule has 0 unspecified atom stereocenters. The molecule has 1 radical (unpaired) electrons. The van der Waals surface area contributed by atoms with E-state index in [2.05, 4.69) is 12.6 Å². The van der Waals surface area contributed by atoms with Crippen molar-refractivity contribution in [3.63, 3.8) is 0 Å². The molecule has 0 bridgehead atoms. The molecule has 0 heterocycles. The maximum Gasteiger partial charge on any atom is 0.119 e. The molecule has 0 saturated heterocycles. The molecule has 0 aliphatic rings. The summed E-state index contributed by atoms with van der Waals surface area (Å²) in [5, 5.41) is 0. The van der Waals surface area contributed by atoms with Gasteiger partial charge in [-0.15, -0.1) is 0 Å². The van der Waals surface area contributed by atoms with E-state index >= 15 is 0 Å². The number of ether oxygens (including phenoxy) is 1. The third-order valence-corrected chi connectivity index (χ3v) is 1.17. The molecule has 0 spiro atoms. The molecule has 0 aliphatic carbocycles. The molecule has 0 aliphatic heterocycles. The Labute approximate surface area is 67.3 Å². The molecule has 1 aromatic carbocycles.